The highest BCUT2D eigenvalue weighted by molar-refractivity contribution is 6.35. The van der Waals surface area contributed by atoms with E-state index in [1.165, 1.54) is 17.2 Å². The molecule has 0 saturated heterocycles. The van der Waals surface area contributed by atoms with E-state index in [2.05, 4.69) is 31.2 Å². The van der Waals surface area contributed by atoms with Crippen LogP contribution in [0.25, 0.3) is 11.6 Å². The van der Waals surface area contributed by atoms with Crippen LogP contribution in [0.3, 0.4) is 0 Å². The lowest BCUT2D eigenvalue weighted by molar-refractivity contribution is 0.664. The van der Waals surface area contributed by atoms with E-state index in [0.29, 0.717) is 17.3 Å². The third kappa shape index (κ3) is 4.71. The fourth-order valence-electron chi connectivity index (χ4n) is 2.97. The van der Waals surface area contributed by atoms with E-state index in [4.69, 9.17) is 23.2 Å². The minimum atomic E-state index is -0.222. The van der Waals surface area contributed by atoms with Crippen LogP contribution in [0.2, 0.25) is 10.0 Å². The second-order valence-electron chi connectivity index (χ2n) is 6.61. The number of aromatic nitrogens is 1. The summed E-state index contributed by atoms with van der Waals surface area (Å²) in [6.07, 6.45) is 2.67. The van der Waals surface area contributed by atoms with E-state index in [1.54, 1.807) is 4.57 Å². The number of hydrogen-bond donors (Lipinski definition) is 0. The van der Waals surface area contributed by atoms with Gasteiger partial charge in [-0.1, -0.05) is 83.4 Å². The van der Waals surface area contributed by atoms with E-state index in [-0.39, 0.29) is 10.6 Å². The maximum atomic E-state index is 12.7. The molecule has 3 rings (SSSR count). The number of rotatable bonds is 5. The highest BCUT2D eigenvalue weighted by Gasteiger charge is 2.12. The molecule has 0 unspecified atom stereocenters. The van der Waals surface area contributed by atoms with Crippen LogP contribution >= 0.6 is 23.2 Å². The summed E-state index contributed by atoms with van der Waals surface area (Å²) < 4.78 is 1.66. The molecule has 3 aromatic rings. The zero-order valence-corrected chi connectivity index (χ0v) is 16.9. The van der Waals surface area contributed by atoms with Gasteiger partial charge >= 0.3 is 0 Å². The van der Waals surface area contributed by atoms with Crippen molar-refractivity contribution in [3.05, 3.63) is 103 Å². The Morgan fingerprint density at radius 2 is 1.67 bits per heavy atom. The van der Waals surface area contributed by atoms with Crippen molar-refractivity contribution in [1.82, 2.24) is 4.57 Å². The molecule has 0 radical (unpaired) electrons. The zero-order valence-electron chi connectivity index (χ0n) is 15.4. The van der Waals surface area contributed by atoms with Crippen molar-refractivity contribution in [2.45, 2.75) is 26.8 Å². The van der Waals surface area contributed by atoms with Gasteiger partial charge in [-0.3, -0.25) is 4.79 Å². The topological polar surface area (TPSA) is 22.0 Å². The summed E-state index contributed by atoms with van der Waals surface area (Å²) in [5.74, 6) is 0. The summed E-state index contributed by atoms with van der Waals surface area (Å²) in [7, 11) is 0. The third-order valence-electron chi connectivity index (χ3n) is 4.57. The highest BCUT2D eigenvalue weighted by atomic mass is 35.5. The van der Waals surface area contributed by atoms with E-state index < -0.39 is 0 Å². The Bertz CT molecular complexity index is 1020. The molecule has 138 valence electrons. The van der Waals surface area contributed by atoms with E-state index in [1.807, 2.05) is 43.3 Å². The van der Waals surface area contributed by atoms with Gasteiger partial charge in [-0.15, -0.1) is 0 Å². The number of hydrogen-bond acceptors (Lipinski definition) is 1. The lowest BCUT2D eigenvalue weighted by atomic mass is 10.1. The molecule has 0 saturated carbocycles. The number of halogens is 2. The molecule has 27 heavy (non-hydrogen) atoms. The molecule has 0 aliphatic rings. The lowest BCUT2D eigenvalue weighted by Crippen LogP contribution is -2.24. The normalized spacial score (nSPS) is 11.6. The number of allylic oxidation sites excluding steroid dienone is 1. The number of pyridine rings is 1. The quantitative estimate of drug-likeness (QED) is 0.497. The maximum Gasteiger partial charge on any atom is 0.269 e. The van der Waals surface area contributed by atoms with Crippen molar-refractivity contribution in [2.75, 3.05) is 0 Å². The van der Waals surface area contributed by atoms with Gasteiger partial charge in [0.15, 0.2) is 0 Å². The van der Waals surface area contributed by atoms with Gasteiger partial charge in [-0.05, 0) is 49.1 Å². The summed E-state index contributed by atoms with van der Waals surface area (Å²) in [5.41, 5.74) is 4.95. The lowest BCUT2D eigenvalue weighted by Gasteiger charge is -2.14. The molecule has 0 spiro atoms. The molecule has 0 amide bonds. The number of aryl methyl sites for hydroxylation is 2. The Hall–Kier alpha value is -2.29. The smallest absolute Gasteiger partial charge is 0.269 e. The van der Waals surface area contributed by atoms with E-state index in [0.717, 1.165) is 17.6 Å². The molecule has 2 nitrogen and oxygen atoms in total. The molecule has 2 aromatic carbocycles. The molecule has 0 N–H and O–H groups in total. The maximum absolute atomic E-state index is 12.7. The summed E-state index contributed by atoms with van der Waals surface area (Å²) in [4.78, 5) is 12.7. The van der Waals surface area contributed by atoms with Crippen molar-refractivity contribution in [3.8, 4) is 0 Å². The van der Waals surface area contributed by atoms with Crippen LogP contribution in [0.4, 0.5) is 0 Å². The molecule has 0 bridgehead atoms. The first-order chi connectivity index (χ1) is 13.0. The van der Waals surface area contributed by atoms with Gasteiger partial charge in [0.2, 0.25) is 0 Å². The summed E-state index contributed by atoms with van der Waals surface area (Å²) in [6, 6.07) is 19.8. The number of benzene rings is 2. The Labute approximate surface area is 169 Å². The fourth-order valence-corrected chi connectivity index (χ4v) is 3.50. The third-order valence-corrected chi connectivity index (χ3v) is 5.14. The van der Waals surface area contributed by atoms with E-state index >= 15 is 0 Å². The Morgan fingerprint density at radius 3 is 2.33 bits per heavy atom. The predicted molar refractivity (Wildman–Crippen MR) is 116 cm³/mol. The first-order valence-corrected chi connectivity index (χ1v) is 9.59. The average Bonchev–Trinajstić information content (AvgIpc) is 2.67. The van der Waals surface area contributed by atoms with Crippen molar-refractivity contribution in [2.24, 2.45) is 0 Å². The van der Waals surface area contributed by atoms with Crippen molar-refractivity contribution in [3.63, 3.8) is 0 Å². The van der Waals surface area contributed by atoms with Crippen LogP contribution in [0.1, 0.15) is 29.3 Å². The van der Waals surface area contributed by atoms with Crippen LogP contribution in [0, 0.1) is 6.92 Å². The molecular weight excluding hydrogens is 377 g/mol. The average molecular weight is 398 g/mol. The predicted octanol–water partition coefficient (Wildman–Crippen LogP) is 6.27. The van der Waals surface area contributed by atoms with Crippen LogP contribution < -0.4 is 5.56 Å². The Kier molecular flexibility index (Phi) is 6.20. The largest absolute Gasteiger partial charge is 0.306 e. The van der Waals surface area contributed by atoms with Crippen LogP contribution in [-0.2, 0) is 13.0 Å². The second kappa shape index (κ2) is 8.60. The van der Waals surface area contributed by atoms with Gasteiger partial charge in [-0.25, -0.2) is 0 Å². The van der Waals surface area contributed by atoms with Gasteiger partial charge in [0.1, 0.15) is 5.02 Å². The van der Waals surface area contributed by atoms with Crippen molar-refractivity contribution < 1.29 is 0 Å². The van der Waals surface area contributed by atoms with Gasteiger partial charge in [0.25, 0.3) is 5.56 Å². The van der Waals surface area contributed by atoms with Crippen LogP contribution in [0.15, 0.2) is 65.5 Å². The minimum Gasteiger partial charge on any atom is -0.306 e. The fraction of sp³-hybridized carbons (Fsp3) is 0.174. The van der Waals surface area contributed by atoms with Gasteiger partial charge in [-0.2, -0.15) is 0 Å². The standard InChI is InChI=1S/C23H21Cl2NO/c1-16-8-10-18(11-9-16)12-13-26-22(20(24)15-21(25)23(26)27)14-17(2)19-6-4-3-5-7-19/h3-11,14-15H,12-13H2,1-2H3/b17-14+. The molecule has 0 aliphatic carbocycles. The number of nitrogens with zero attached hydrogens (tertiary/aromatic N) is 1. The molecule has 4 heteroatoms. The van der Waals surface area contributed by atoms with Gasteiger partial charge < -0.3 is 4.57 Å². The Balaban J connectivity index is 1.99. The zero-order chi connectivity index (χ0) is 19.4. The van der Waals surface area contributed by atoms with Crippen molar-refractivity contribution >= 4 is 34.9 Å². The molecule has 0 aliphatic heterocycles. The summed E-state index contributed by atoms with van der Waals surface area (Å²) >= 11 is 12.6. The molecular formula is C23H21Cl2NO. The molecule has 1 aromatic heterocycles. The monoisotopic (exact) mass is 397 g/mol. The van der Waals surface area contributed by atoms with E-state index in [9.17, 15) is 4.79 Å². The first kappa shape index (κ1) is 19.5. The minimum absolute atomic E-state index is 0.137. The molecule has 1 heterocycles. The second-order valence-corrected chi connectivity index (χ2v) is 7.43. The highest BCUT2D eigenvalue weighted by Crippen LogP contribution is 2.24. The first-order valence-electron chi connectivity index (χ1n) is 8.84. The Morgan fingerprint density at radius 1 is 1.00 bits per heavy atom. The van der Waals surface area contributed by atoms with Crippen LogP contribution in [-0.4, -0.2) is 4.57 Å². The van der Waals surface area contributed by atoms with Gasteiger partial charge in [0, 0.05) is 6.54 Å². The molecule has 0 fully saturated rings. The van der Waals surface area contributed by atoms with Crippen molar-refractivity contribution in [1.29, 1.82) is 0 Å². The summed E-state index contributed by atoms with van der Waals surface area (Å²) in [5, 5.41) is 0.609. The SMILES string of the molecule is C/C(=C\c1c(Cl)cc(Cl)c(=O)n1CCc1ccc(C)cc1)c1ccccc1. The summed E-state index contributed by atoms with van der Waals surface area (Å²) in [6.45, 7) is 4.57. The van der Waals surface area contributed by atoms with Gasteiger partial charge in [0.05, 0.1) is 10.7 Å². The molecule has 0 atom stereocenters. The van der Waals surface area contributed by atoms with Crippen LogP contribution in [0.5, 0.6) is 0 Å².